The Kier molecular flexibility index (Phi) is 9.84. The highest BCUT2D eigenvalue weighted by atomic mass is 16.5. The fourth-order valence-electron chi connectivity index (χ4n) is 1.13. The van der Waals surface area contributed by atoms with Gasteiger partial charge in [0, 0.05) is 6.54 Å². The molecule has 0 amide bonds. The van der Waals surface area contributed by atoms with Crippen LogP contribution in [-0.2, 0) is 14.3 Å². The standard InChI is InChI=1S/C11H21N3O4/c1-2-7-18-10(15)8-14-13-6-4-3-5-9(12)11(16)17/h2,9,13-14H,1,3-8,12H2,(H,16,17)/t9-/m0/s1. The van der Waals surface area contributed by atoms with Crippen LogP contribution >= 0.6 is 0 Å². The number of nitrogens with two attached hydrogens (primary N) is 1. The quantitative estimate of drug-likeness (QED) is 0.169. The number of carbonyl (C=O) groups is 2. The minimum Gasteiger partial charge on any atom is -0.480 e. The third kappa shape index (κ3) is 9.76. The summed E-state index contributed by atoms with van der Waals surface area (Å²) < 4.78 is 4.74. The van der Waals surface area contributed by atoms with Crippen LogP contribution in [0.1, 0.15) is 19.3 Å². The minimum atomic E-state index is -0.981. The summed E-state index contributed by atoms with van der Waals surface area (Å²) in [5.74, 6) is -1.35. The van der Waals surface area contributed by atoms with Gasteiger partial charge in [0.25, 0.3) is 0 Å². The molecule has 0 unspecified atom stereocenters. The lowest BCUT2D eigenvalue weighted by Crippen LogP contribution is -2.37. The Balaban J connectivity index is 3.28. The molecule has 18 heavy (non-hydrogen) atoms. The molecule has 0 aromatic heterocycles. The van der Waals surface area contributed by atoms with E-state index in [9.17, 15) is 9.59 Å². The second kappa shape index (κ2) is 10.7. The Hall–Kier alpha value is -1.44. The molecule has 0 rings (SSSR count). The van der Waals surface area contributed by atoms with E-state index in [1.165, 1.54) is 6.08 Å². The number of ether oxygens (including phenoxy) is 1. The van der Waals surface area contributed by atoms with Crippen LogP contribution in [0.3, 0.4) is 0 Å². The molecule has 0 radical (unpaired) electrons. The predicted molar refractivity (Wildman–Crippen MR) is 66.6 cm³/mol. The van der Waals surface area contributed by atoms with E-state index in [1.807, 2.05) is 0 Å². The van der Waals surface area contributed by atoms with E-state index in [4.69, 9.17) is 15.6 Å². The van der Waals surface area contributed by atoms with Gasteiger partial charge in [-0.25, -0.2) is 5.43 Å². The Morgan fingerprint density at radius 1 is 1.39 bits per heavy atom. The zero-order valence-corrected chi connectivity index (χ0v) is 10.4. The van der Waals surface area contributed by atoms with Crippen LogP contribution in [0.2, 0.25) is 0 Å². The van der Waals surface area contributed by atoms with Crippen LogP contribution in [0.4, 0.5) is 0 Å². The molecule has 1 atom stereocenters. The van der Waals surface area contributed by atoms with Crippen molar-refractivity contribution < 1.29 is 19.4 Å². The van der Waals surface area contributed by atoms with Crippen LogP contribution in [0, 0.1) is 0 Å². The Bertz CT molecular complexity index is 271. The highest BCUT2D eigenvalue weighted by Crippen LogP contribution is 1.97. The van der Waals surface area contributed by atoms with Crippen LogP contribution < -0.4 is 16.6 Å². The number of esters is 1. The zero-order valence-electron chi connectivity index (χ0n) is 10.4. The van der Waals surface area contributed by atoms with Gasteiger partial charge in [-0.1, -0.05) is 12.7 Å². The summed E-state index contributed by atoms with van der Waals surface area (Å²) >= 11 is 0. The zero-order chi connectivity index (χ0) is 13.8. The van der Waals surface area contributed by atoms with E-state index < -0.39 is 12.0 Å². The van der Waals surface area contributed by atoms with Crippen molar-refractivity contribution >= 4 is 11.9 Å². The van der Waals surface area contributed by atoms with Crippen molar-refractivity contribution in [2.75, 3.05) is 19.7 Å². The second-order valence-electron chi connectivity index (χ2n) is 3.69. The van der Waals surface area contributed by atoms with Crippen LogP contribution in [0.15, 0.2) is 12.7 Å². The molecule has 104 valence electrons. The number of rotatable bonds is 11. The van der Waals surface area contributed by atoms with Crippen molar-refractivity contribution in [2.45, 2.75) is 25.3 Å². The molecule has 0 aliphatic rings. The molecule has 7 nitrogen and oxygen atoms in total. The highest BCUT2D eigenvalue weighted by Gasteiger charge is 2.09. The van der Waals surface area contributed by atoms with E-state index in [1.54, 1.807) is 0 Å². The maximum atomic E-state index is 11.0. The van der Waals surface area contributed by atoms with E-state index in [0.717, 1.165) is 6.42 Å². The lowest BCUT2D eigenvalue weighted by molar-refractivity contribution is -0.141. The van der Waals surface area contributed by atoms with Crippen molar-refractivity contribution in [2.24, 2.45) is 5.73 Å². The normalized spacial score (nSPS) is 11.8. The van der Waals surface area contributed by atoms with E-state index in [0.29, 0.717) is 19.4 Å². The molecule has 0 spiro atoms. The van der Waals surface area contributed by atoms with Gasteiger partial charge in [0.1, 0.15) is 19.2 Å². The smallest absolute Gasteiger partial charge is 0.321 e. The largest absolute Gasteiger partial charge is 0.480 e. The van der Waals surface area contributed by atoms with Crippen LogP contribution in [0.5, 0.6) is 0 Å². The first-order valence-electron chi connectivity index (χ1n) is 5.78. The molecule has 0 bridgehead atoms. The monoisotopic (exact) mass is 259 g/mol. The Labute approximate surface area is 106 Å². The first-order chi connectivity index (χ1) is 8.57. The molecule has 0 heterocycles. The average Bonchev–Trinajstić information content (AvgIpc) is 2.34. The molecule has 0 fully saturated rings. The number of carboxylic acid groups (broad SMARTS) is 1. The van der Waals surface area contributed by atoms with E-state index in [-0.39, 0.29) is 19.1 Å². The summed E-state index contributed by atoms with van der Waals surface area (Å²) in [4.78, 5) is 21.4. The van der Waals surface area contributed by atoms with Gasteiger partial charge in [0.2, 0.25) is 0 Å². The van der Waals surface area contributed by atoms with Crippen molar-refractivity contribution in [3.63, 3.8) is 0 Å². The van der Waals surface area contributed by atoms with Crippen molar-refractivity contribution in [3.05, 3.63) is 12.7 Å². The molecule has 7 heteroatoms. The second-order valence-corrected chi connectivity index (χ2v) is 3.69. The molecule has 0 aromatic carbocycles. The molecular weight excluding hydrogens is 238 g/mol. The van der Waals surface area contributed by atoms with Gasteiger partial charge in [-0.05, 0) is 19.3 Å². The third-order valence-electron chi connectivity index (χ3n) is 2.10. The first kappa shape index (κ1) is 16.6. The molecule has 0 aliphatic heterocycles. The van der Waals surface area contributed by atoms with Crippen molar-refractivity contribution in [1.29, 1.82) is 0 Å². The van der Waals surface area contributed by atoms with Gasteiger partial charge in [-0.3, -0.25) is 15.0 Å². The van der Waals surface area contributed by atoms with E-state index in [2.05, 4.69) is 17.4 Å². The number of aliphatic carboxylic acids is 1. The average molecular weight is 259 g/mol. The SMILES string of the molecule is C=CCOC(=O)CNNCCCC[C@H](N)C(=O)O. The summed E-state index contributed by atoms with van der Waals surface area (Å²) in [6.07, 6.45) is 3.42. The fraction of sp³-hybridized carbons (Fsp3) is 0.636. The van der Waals surface area contributed by atoms with Gasteiger partial charge in [-0.15, -0.1) is 0 Å². The van der Waals surface area contributed by atoms with Gasteiger partial charge in [0.05, 0.1) is 0 Å². The maximum absolute atomic E-state index is 11.0. The van der Waals surface area contributed by atoms with Crippen molar-refractivity contribution in [1.82, 2.24) is 10.9 Å². The Morgan fingerprint density at radius 3 is 2.72 bits per heavy atom. The summed E-state index contributed by atoms with van der Waals surface area (Å²) in [5, 5.41) is 8.54. The third-order valence-corrected chi connectivity index (χ3v) is 2.10. The number of nitrogens with one attached hydrogen (secondary N) is 2. The molecule has 5 N–H and O–H groups in total. The molecule has 0 aliphatic carbocycles. The predicted octanol–water partition coefficient (Wildman–Crippen LogP) is -0.608. The van der Waals surface area contributed by atoms with Crippen LogP contribution in [-0.4, -0.2) is 42.8 Å². The lowest BCUT2D eigenvalue weighted by atomic mass is 10.1. The number of hydrazine groups is 1. The maximum Gasteiger partial charge on any atom is 0.321 e. The van der Waals surface area contributed by atoms with E-state index >= 15 is 0 Å². The number of unbranched alkanes of at least 4 members (excludes halogenated alkanes) is 1. The first-order valence-corrected chi connectivity index (χ1v) is 5.78. The van der Waals surface area contributed by atoms with Gasteiger partial charge in [-0.2, -0.15) is 0 Å². The lowest BCUT2D eigenvalue weighted by Gasteiger charge is -2.08. The molecule has 0 saturated heterocycles. The molecular formula is C11H21N3O4. The Morgan fingerprint density at radius 2 is 2.11 bits per heavy atom. The summed E-state index contributed by atoms with van der Waals surface area (Å²) in [6, 6.07) is -0.799. The van der Waals surface area contributed by atoms with Gasteiger partial charge < -0.3 is 15.6 Å². The number of carbonyl (C=O) groups excluding carboxylic acids is 1. The molecule has 0 aromatic rings. The summed E-state index contributed by atoms with van der Waals surface area (Å²) in [5.41, 5.74) is 10.9. The fourth-order valence-corrected chi connectivity index (χ4v) is 1.13. The minimum absolute atomic E-state index is 0.0719. The van der Waals surface area contributed by atoms with Gasteiger partial charge in [0.15, 0.2) is 0 Å². The topological polar surface area (TPSA) is 114 Å². The number of hydrogen-bond acceptors (Lipinski definition) is 6. The number of carboxylic acids is 1. The summed E-state index contributed by atoms with van der Waals surface area (Å²) in [6.45, 7) is 4.32. The molecule has 0 saturated carbocycles. The number of hydrogen-bond donors (Lipinski definition) is 4. The van der Waals surface area contributed by atoms with Crippen LogP contribution in [0.25, 0.3) is 0 Å². The van der Waals surface area contributed by atoms with Gasteiger partial charge >= 0.3 is 11.9 Å². The highest BCUT2D eigenvalue weighted by molar-refractivity contribution is 5.73. The summed E-state index contributed by atoms with van der Waals surface area (Å²) in [7, 11) is 0. The van der Waals surface area contributed by atoms with Crippen molar-refractivity contribution in [3.8, 4) is 0 Å².